The minimum atomic E-state index is 0.654. The van der Waals surface area contributed by atoms with Crippen molar-refractivity contribution in [2.45, 2.75) is 20.4 Å². The summed E-state index contributed by atoms with van der Waals surface area (Å²) in [5, 5.41) is 3.44. The van der Waals surface area contributed by atoms with E-state index < -0.39 is 0 Å². The number of halogens is 2. The summed E-state index contributed by atoms with van der Waals surface area (Å²) in [6.45, 7) is 6.28. The van der Waals surface area contributed by atoms with E-state index in [0.717, 1.165) is 33.5 Å². The average Bonchev–Trinajstić information content (AvgIpc) is 2.43. The van der Waals surface area contributed by atoms with E-state index in [9.17, 15) is 0 Å². The minimum absolute atomic E-state index is 0.654. The molecule has 112 valence electrons. The van der Waals surface area contributed by atoms with Gasteiger partial charge in [0, 0.05) is 11.0 Å². The summed E-state index contributed by atoms with van der Waals surface area (Å²) in [5.41, 5.74) is 1.23. The van der Waals surface area contributed by atoms with E-state index in [-0.39, 0.29) is 0 Å². The van der Waals surface area contributed by atoms with Gasteiger partial charge < -0.3 is 10.1 Å². The van der Waals surface area contributed by atoms with E-state index in [0.29, 0.717) is 5.92 Å². The van der Waals surface area contributed by atoms with Crippen molar-refractivity contribution in [1.82, 2.24) is 5.32 Å². The SMILES string of the molecule is CC(C)CNCc1ccc(Oc2ccccc2Br)cc1Br. The molecule has 0 aliphatic heterocycles. The molecule has 0 heterocycles. The van der Waals surface area contributed by atoms with Gasteiger partial charge in [0.1, 0.15) is 11.5 Å². The highest BCUT2D eigenvalue weighted by Gasteiger charge is 2.05. The Morgan fingerprint density at radius 1 is 1.05 bits per heavy atom. The fourth-order valence-electron chi connectivity index (χ4n) is 1.88. The van der Waals surface area contributed by atoms with Crippen molar-refractivity contribution in [1.29, 1.82) is 0 Å². The van der Waals surface area contributed by atoms with Gasteiger partial charge >= 0.3 is 0 Å². The van der Waals surface area contributed by atoms with Crippen molar-refractivity contribution in [3.8, 4) is 11.5 Å². The third kappa shape index (κ3) is 5.13. The van der Waals surface area contributed by atoms with Crippen LogP contribution in [0.4, 0.5) is 0 Å². The van der Waals surface area contributed by atoms with E-state index in [1.54, 1.807) is 0 Å². The van der Waals surface area contributed by atoms with Gasteiger partial charge in [-0.25, -0.2) is 0 Å². The largest absolute Gasteiger partial charge is 0.456 e. The molecule has 1 N–H and O–H groups in total. The van der Waals surface area contributed by atoms with Crippen LogP contribution in [0.1, 0.15) is 19.4 Å². The third-order valence-corrected chi connectivity index (χ3v) is 4.35. The minimum Gasteiger partial charge on any atom is -0.456 e. The Bertz CT molecular complexity index is 599. The van der Waals surface area contributed by atoms with Crippen LogP contribution in [-0.2, 0) is 6.54 Å². The summed E-state index contributed by atoms with van der Waals surface area (Å²) < 4.78 is 7.90. The number of hydrogen-bond donors (Lipinski definition) is 1. The molecule has 21 heavy (non-hydrogen) atoms. The predicted molar refractivity (Wildman–Crippen MR) is 94.9 cm³/mol. The van der Waals surface area contributed by atoms with Crippen molar-refractivity contribution < 1.29 is 4.74 Å². The van der Waals surface area contributed by atoms with Gasteiger partial charge in [-0.1, -0.05) is 48.0 Å². The lowest BCUT2D eigenvalue weighted by atomic mass is 10.2. The molecule has 0 saturated heterocycles. The van der Waals surface area contributed by atoms with Gasteiger partial charge in [0.15, 0.2) is 0 Å². The number of ether oxygens (including phenoxy) is 1. The Hall–Kier alpha value is -0.840. The van der Waals surface area contributed by atoms with Crippen LogP contribution in [0, 0.1) is 5.92 Å². The molecule has 2 rings (SSSR count). The summed E-state index contributed by atoms with van der Waals surface area (Å²) in [6.07, 6.45) is 0. The molecule has 0 atom stereocenters. The molecule has 0 saturated carbocycles. The van der Waals surface area contributed by atoms with Crippen molar-refractivity contribution >= 4 is 31.9 Å². The molecule has 0 aliphatic rings. The Morgan fingerprint density at radius 2 is 1.81 bits per heavy atom. The fourth-order valence-corrected chi connectivity index (χ4v) is 2.75. The zero-order valence-corrected chi connectivity index (χ0v) is 15.4. The highest BCUT2D eigenvalue weighted by molar-refractivity contribution is 9.10. The van der Waals surface area contributed by atoms with Gasteiger partial charge in [-0.05, 0) is 58.2 Å². The highest BCUT2D eigenvalue weighted by atomic mass is 79.9. The highest BCUT2D eigenvalue weighted by Crippen LogP contribution is 2.31. The normalized spacial score (nSPS) is 10.9. The van der Waals surface area contributed by atoms with E-state index >= 15 is 0 Å². The number of rotatable bonds is 6. The Morgan fingerprint density at radius 3 is 2.48 bits per heavy atom. The molecule has 2 aromatic carbocycles. The molecule has 0 fully saturated rings. The Kier molecular flexibility index (Phi) is 6.27. The summed E-state index contributed by atoms with van der Waals surface area (Å²) in [7, 11) is 0. The molecule has 2 aromatic rings. The predicted octanol–water partition coefficient (Wildman–Crippen LogP) is 5.75. The number of hydrogen-bond acceptors (Lipinski definition) is 2. The molecule has 2 nitrogen and oxygen atoms in total. The summed E-state index contributed by atoms with van der Waals surface area (Å²) in [5.74, 6) is 2.29. The van der Waals surface area contributed by atoms with Crippen LogP contribution in [0.25, 0.3) is 0 Å². The van der Waals surface area contributed by atoms with E-state index in [1.807, 2.05) is 36.4 Å². The average molecular weight is 413 g/mol. The van der Waals surface area contributed by atoms with Gasteiger partial charge in [0.05, 0.1) is 4.47 Å². The summed E-state index contributed by atoms with van der Waals surface area (Å²) in [4.78, 5) is 0. The number of nitrogens with one attached hydrogen (secondary N) is 1. The Balaban J connectivity index is 2.03. The van der Waals surface area contributed by atoms with E-state index in [2.05, 4.69) is 57.1 Å². The molecule has 0 spiro atoms. The molecule has 0 bridgehead atoms. The lowest BCUT2D eigenvalue weighted by molar-refractivity contribution is 0.478. The molecule has 0 aliphatic carbocycles. The smallest absolute Gasteiger partial charge is 0.141 e. The van der Waals surface area contributed by atoms with Crippen LogP contribution in [0.3, 0.4) is 0 Å². The summed E-state index contributed by atoms with van der Waals surface area (Å²) >= 11 is 7.10. The zero-order chi connectivity index (χ0) is 15.2. The lowest BCUT2D eigenvalue weighted by Gasteiger charge is -2.12. The van der Waals surface area contributed by atoms with Gasteiger partial charge in [-0.3, -0.25) is 0 Å². The van der Waals surface area contributed by atoms with Crippen LogP contribution >= 0.6 is 31.9 Å². The third-order valence-electron chi connectivity index (χ3n) is 2.96. The maximum absolute atomic E-state index is 5.89. The molecule has 4 heteroatoms. The van der Waals surface area contributed by atoms with E-state index in [4.69, 9.17) is 4.74 Å². The van der Waals surface area contributed by atoms with Crippen LogP contribution in [0.5, 0.6) is 11.5 Å². The number of para-hydroxylation sites is 1. The van der Waals surface area contributed by atoms with Gasteiger partial charge in [-0.15, -0.1) is 0 Å². The Labute approximate surface area is 143 Å². The fraction of sp³-hybridized carbons (Fsp3) is 0.294. The maximum atomic E-state index is 5.89. The van der Waals surface area contributed by atoms with Crippen LogP contribution < -0.4 is 10.1 Å². The lowest BCUT2D eigenvalue weighted by Crippen LogP contribution is -2.19. The summed E-state index contributed by atoms with van der Waals surface area (Å²) in [6, 6.07) is 13.9. The first-order valence-electron chi connectivity index (χ1n) is 6.98. The second-order valence-electron chi connectivity index (χ2n) is 5.31. The van der Waals surface area contributed by atoms with Crippen LogP contribution in [-0.4, -0.2) is 6.54 Å². The first-order chi connectivity index (χ1) is 10.1. The quantitative estimate of drug-likeness (QED) is 0.652. The first-order valence-corrected chi connectivity index (χ1v) is 8.56. The van der Waals surface area contributed by atoms with Crippen molar-refractivity contribution in [2.75, 3.05) is 6.54 Å². The van der Waals surface area contributed by atoms with Gasteiger partial charge in [-0.2, -0.15) is 0 Å². The molecule has 0 aromatic heterocycles. The zero-order valence-electron chi connectivity index (χ0n) is 12.2. The van der Waals surface area contributed by atoms with Gasteiger partial charge in [0.25, 0.3) is 0 Å². The maximum Gasteiger partial charge on any atom is 0.141 e. The van der Waals surface area contributed by atoms with Crippen molar-refractivity contribution in [2.24, 2.45) is 5.92 Å². The van der Waals surface area contributed by atoms with E-state index in [1.165, 1.54) is 5.56 Å². The van der Waals surface area contributed by atoms with Crippen molar-refractivity contribution in [3.05, 3.63) is 57.0 Å². The van der Waals surface area contributed by atoms with Crippen LogP contribution in [0.2, 0.25) is 0 Å². The number of benzene rings is 2. The first kappa shape index (κ1) is 16.5. The van der Waals surface area contributed by atoms with Crippen molar-refractivity contribution in [3.63, 3.8) is 0 Å². The molecule has 0 radical (unpaired) electrons. The topological polar surface area (TPSA) is 21.3 Å². The standard InChI is InChI=1S/C17H19Br2NO/c1-12(2)10-20-11-13-7-8-14(9-16(13)19)21-17-6-4-3-5-15(17)18/h3-9,12,20H,10-11H2,1-2H3. The second kappa shape index (κ2) is 7.97. The molecule has 0 amide bonds. The van der Waals surface area contributed by atoms with Crippen LogP contribution in [0.15, 0.2) is 51.4 Å². The molecular weight excluding hydrogens is 394 g/mol. The monoisotopic (exact) mass is 411 g/mol. The molecular formula is C17H19Br2NO. The van der Waals surface area contributed by atoms with Gasteiger partial charge in [0.2, 0.25) is 0 Å². The molecule has 0 unspecified atom stereocenters. The second-order valence-corrected chi connectivity index (χ2v) is 7.02.